The van der Waals surface area contributed by atoms with E-state index in [0.717, 1.165) is 0 Å². The van der Waals surface area contributed by atoms with Crippen LogP contribution in [-0.4, -0.2) is 54.7 Å². The lowest BCUT2D eigenvalue weighted by Crippen LogP contribution is -2.43. The molecule has 0 aliphatic carbocycles. The molecule has 0 heterocycles. The Hall–Kier alpha value is -0.963. The van der Waals surface area contributed by atoms with Crippen molar-refractivity contribution in [3.05, 3.63) is 0 Å². The van der Waals surface area contributed by atoms with Gasteiger partial charge in [-0.25, -0.2) is 0 Å². The van der Waals surface area contributed by atoms with E-state index in [2.05, 4.69) is 5.32 Å². The minimum absolute atomic E-state index is 0.324. The fourth-order valence-corrected chi connectivity index (χ4v) is 3.24. The quantitative estimate of drug-likeness (QED) is 0.374. The number of amides is 1. The molecule has 0 aromatic carbocycles. The number of rotatable bonds is 9. The first-order chi connectivity index (χ1) is 8.90. The van der Waals surface area contributed by atoms with E-state index in [1.165, 1.54) is 13.8 Å². The van der Waals surface area contributed by atoms with Gasteiger partial charge in [0.1, 0.15) is 0 Å². The van der Waals surface area contributed by atoms with Crippen LogP contribution >= 0.6 is 0 Å². The molecule has 0 aromatic rings. The van der Waals surface area contributed by atoms with E-state index in [4.69, 9.17) is 18.0 Å². The molecule has 0 rings (SSSR count). The zero-order chi connectivity index (χ0) is 14.9. The first-order valence-corrected chi connectivity index (χ1v) is 7.94. The van der Waals surface area contributed by atoms with Crippen LogP contribution in [0.3, 0.4) is 0 Å². The van der Waals surface area contributed by atoms with Gasteiger partial charge in [0.25, 0.3) is 5.91 Å². The van der Waals surface area contributed by atoms with Crippen molar-refractivity contribution in [1.29, 1.82) is 0 Å². The monoisotopic (exact) mass is 293 g/mol. The van der Waals surface area contributed by atoms with Crippen LogP contribution in [0.2, 0.25) is 6.04 Å². The molecule has 0 aromatic heterocycles. The fourth-order valence-electron chi connectivity index (χ4n) is 1.52. The predicted molar refractivity (Wildman–Crippen MR) is 70.4 cm³/mol. The van der Waals surface area contributed by atoms with E-state index in [-0.39, 0.29) is 5.91 Å². The van der Waals surface area contributed by atoms with Gasteiger partial charge in [-0.3, -0.25) is 9.59 Å². The summed E-state index contributed by atoms with van der Waals surface area (Å²) in [4.78, 5) is 22.2. The molecule has 0 aliphatic heterocycles. The molecular formula is C11H23NO6Si. The van der Waals surface area contributed by atoms with Gasteiger partial charge in [0.15, 0.2) is 6.10 Å². The zero-order valence-electron chi connectivity index (χ0n) is 12.1. The van der Waals surface area contributed by atoms with Gasteiger partial charge >= 0.3 is 14.8 Å². The van der Waals surface area contributed by atoms with Gasteiger partial charge in [0.2, 0.25) is 0 Å². The topological polar surface area (TPSA) is 83.1 Å². The van der Waals surface area contributed by atoms with Crippen molar-refractivity contribution in [3.63, 3.8) is 0 Å². The first-order valence-electron chi connectivity index (χ1n) is 6.01. The lowest BCUT2D eigenvalue weighted by atomic mass is 10.3. The summed E-state index contributed by atoms with van der Waals surface area (Å²) in [5, 5.41) is 2.67. The molecule has 112 valence electrons. The van der Waals surface area contributed by atoms with Crippen molar-refractivity contribution in [2.75, 3.05) is 27.9 Å². The second kappa shape index (κ2) is 9.02. The lowest BCUT2D eigenvalue weighted by molar-refractivity contribution is -0.152. The molecule has 0 aliphatic rings. The highest BCUT2D eigenvalue weighted by Crippen LogP contribution is 2.14. The summed E-state index contributed by atoms with van der Waals surface area (Å²) >= 11 is 0. The number of carbonyl (C=O) groups is 2. The highest BCUT2D eigenvalue weighted by molar-refractivity contribution is 6.60. The molecule has 0 saturated carbocycles. The van der Waals surface area contributed by atoms with Crippen molar-refractivity contribution >= 4 is 20.7 Å². The maximum atomic E-state index is 11.5. The fraction of sp³-hybridized carbons (Fsp3) is 0.818. The molecule has 1 atom stereocenters. The Bertz CT molecular complexity index is 287. The van der Waals surface area contributed by atoms with Gasteiger partial charge in [-0.2, -0.15) is 0 Å². The maximum Gasteiger partial charge on any atom is 0.500 e. The van der Waals surface area contributed by atoms with E-state index in [1.807, 2.05) is 0 Å². The number of nitrogens with one attached hydrogen (secondary N) is 1. The average Bonchev–Trinajstić information content (AvgIpc) is 2.38. The molecule has 0 saturated heterocycles. The minimum Gasteiger partial charge on any atom is -0.453 e. The van der Waals surface area contributed by atoms with Crippen molar-refractivity contribution in [2.45, 2.75) is 32.4 Å². The number of hydrogen-bond acceptors (Lipinski definition) is 6. The van der Waals surface area contributed by atoms with E-state index in [1.54, 1.807) is 21.3 Å². The number of esters is 1. The van der Waals surface area contributed by atoms with Gasteiger partial charge in [0.05, 0.1) is 0 Å². The Morgan fingerprint density at radius 2 is 1.68 bits per heavy atom. The maximum absolute atomic E-state index is 11.5. The summed E-state index contributed by atoms with van der Waals surface area (Å²) in [7, 11) is 2.05. The van der Waals surface area contributed by atoms with Crippen LogP contribution in [0.1, 0.15) is 20.3 Å². The van der Waals surface area contributed by atoms with Crippen LogP contribution in [0.15, 0.2) is 0 Å². The molecule has 8 heteroatoms. The SMILES string of the molecule is CO[Si](CCCNC(=O)C(C)OC(C)=O)(OC)OC. The van der Waals surface area contributed by atoms with Crippen LogP contribution in [0.4, 0.5) is 0 Å². The third-order valence-corrected chi connectivity index (χ3v) is 5.44. The summed E-state index contributed by atoms with van der Waals surface area (Å²) in [6.45, 7) is 3.23. The number of ether oxygens (including phenoxy) is 1. The third-order valence-electron chi connectivity index (χ3n) is 2.60. The first kappa shape index (κ1) is 18.0. The van der Waals surface area contributed by atoms with Crippen molar-refractivity contribution < 1.29 is 27.6 Å². The third kappa shape index (κ3) is 6.67. The standard InChI is InChI=1S/C11H23NO6Si/c1-9(18-10(2)13)11(14)12-7-6-8-19(15-3,16-4)17-5/h9H,6-8H2,1-5H3,(H,12,14). The Labute approximate surface area is 114 Å². The highest BCUT2D eigenvalue weighted by atomic mass is 28.4. The van der Waals surface area contributed by atoms with Gasteiger partial charge in [0, 0.05) is 40.8 Å². The van der Waals surface area contributed by atoms with Gasteiger partial charge in [-0.15, -0.1) is 0 Å². The normalized spacial score (nSPS) is 12.9. The molecule has 0 spiro atoms. The van der Waals surface area contributed by atoms with E-state index in [0.29, 0.717) is 19.0 Å². The summed E-state index contributed by atoms with van der Waals surface area (Å²) in [6.07, 6.45) is -0.132. The average molecular weight is 293 g/mol. The molecule has 7 nitrogen and oxygen atoms in total. The molecule has 1 N–H and O–H groups in total. The van der Waals surface area contributed by atoms with Crippen LogP contribution < -0.4 is 5.32 Å². The Morgan fingerprint density at radius 1 is 1.16 bits per heavy atom. The molecule has 0 fully saturated rings. The van der Waals surface area contributed by atoms with Crippen LogP contribution in [0, 0.1) is 0 Å². The summed E-state index contributed by atoms with van der Waals surface area (Å²) < 4.78 is 20.5. The number of carbonyl (C=O) groups excluding carboxylic acids is 2. The van der Waals surface area contributed by atoms with Gasteiger partial charge in [-0.05, 0) is 13.3 Å². The molecular weight excluding hydrogens is 270 g/mol. The second-order valence-electron chi connectivity index (χ2n) is 3.94. The van der Waals surface area contributed by atoms with Gasteiger partial charge < -0.3 is 23.3 Å². The van der Waals surface area contributed by atoms with Crippen LogP contribution in [-0.2, 0) is 27.6 Å². The molecule has 0 radical (unpaired) electrons. The van der Waals surface area contributed by atoms with Crippen LogP contribution in [0.5, 0.6) is 0 Å². The Morgan fingerprint density at radius 3 is 2.11 bits per heavy atom. The van der Waals surface area contributed by atoms with Gasteiger partial charge in [-0.1, -0.05) is 0 Å². The second-order valence-corrected chi connectivity index (χ2v) is 7.03. The minimum atomic E-state index is -2.58. The molecule has 1 amide bonds. The lowest BCUT2D eigenvalue weighted by Gasteiger charge is -2.24. The van der Waals surface area contributed by atoms with E-state index < -0.39 is 20.9 Å². The molecule has 1 unspecified atom stereocenters. The van der Waals surface area contributed by atoms with E-state index in [9.17, 15) is 9.59 Å². The van der Waals surface area contributed by atoms with Crippen molar-refractivity contribution in [2.24, 2.45) is 0 Å². The summed E-state index contributed by atoms with van der Waals surface area (Å²) in [5.74, 6) is -0.804. The summed E-state index contributed by atoms with van der Waals surface area (Å²) in [6, 6.07) is 0.596. The van der Waals surface area contributed by atoms with Crippen LogP contribution in [0.25, 0.3) is 0 Å². The van der Waals surface area contributed by atoms with Crippen molar-refractivity contribution in [3.8, 4) is 0 Å². The Kier molecular flexibility index (Phi) is 8.57. The number of hydrogen-bond donors (Lipinski definition) is 1. The summed E-state index contributed by atoms with van der Waals surface area (Å²) in [5.41, 5.74) is 0. The molecule has 19 heavy (non-hydrogen) atoms. The predicted octanol–water partition coefficient (Wildman–Crippen LogP) is 0.322. The largest absolute Gasteiger partial charge is 0.500 e. The molecule has 0 bridgehead atoms. The smallest absolute Gasteiger partial charge is 0.453 e. The highest BCUT2D eigenvalue weighted by Gasteiger charge is 2.36. The van der Waals surface area contributed by atoms with E-state index >= 15 is 0 Å². The Balaban J connectivity index is 3.97. The van der Waals surface area contributed by atoms with Crippen molar-refractivity contribution in [1.82, 2.24) is 5.32 Å². The zero-order valence-corrected chi connectivity index (χ0v) is 13.1.